The fourth-order valence-electron chi connectivity index (χ4n) is 4.14. The Morgan fingerprint density at radius 3 is 2.86 bits per heavy atom. The highest BCUT2D eigenvalue weighted by atomic mass is 16.5. The first-order valence-electron chi connectivity index (χ1n) is 9.90. The molecule has 3 heterocycles. The van der Waals surface area contributed by atoms with Gasteiger partial charge in [-0.3, -0.25) is 4.79 Å². The van der Waals surface area contributed by atoms with Crippen molar-refractivity contribution in [3.63, 3.8) is 0 Å². The number of aryl methyl sites for hydroxylation is 1. The van der Waals surface area contributed by atoms with Crippen molar-refractivity contribution in [3.8, 4) is 0 Å². The number of fused-ring (bicyclic) bond motifs is 1. The van der Waals surface area contributed by atoms with Crippen molar-refractivity contribution in [2.24, 2.45) is 0 Å². The summed E-state index contributed by atoms with van der Waals surface area (Å²) in [4.78, 5) is 17.5. The first kappa shape index (κ1) is 18.8. The normalized spacial score (nSPS) is 16.5. The van der Waals surface area contributed by atoms with Crippen molar-refractivity contribution in [2.45, 2.75) is 38.8 Å². The van der Waals surface area contributed by atoms with Crippen molar-refractivity contribution in [3.05, 3.63) is 51.6 Å². The number of methoxy groups -OCH3 is 1. The summed E-state index contributed by atoms with van der Waals surface area (Å²) < 4.78 is 6.97. The van der Waals surface area contributed by atoms with E-state index >= 15 is 0 Å². The van der Waals surface area contributed by atoms with Crippen LogP contribution in [0.5, 0.6) is 0 Å². The van der Waals surface area contributed by atoms with Crippen LogP contribution in [-0.4, -0.2) is 52.0 Å². The Bertz CT molecular complexity index is 1010. The number of aromatic amines is 1. The van der Waals surface area contributed by atoms with Crippen LogP contribution in [0.25, 0.3) is 10.9 Å². The standard InChI is InChI=1S/C20H26N6O2/c1-14-6-7-15-13-16(20(27)21-17(15)12-14)18(25-8-4-3-5-9-25)19-22-23-24-26(19)10-11-28-2/h6-7,12-13,18H,3-5,8-11H2,1-2H3,(H,21,27)/p+1/t18-/m0/s1. The van der Waals surface area contributed by atoms with E-state index in [9.17, 15) is 4.79 Å². The number of piperidine rings is 1. The molecule has 3 aromatic rings. The first-order valence-corrected chi connectivity index (χ1v) is 9.90. The second-order valence-electron chi connectivity index (χ2n) is 7.55. The number of ether oxygens (including phenoxy) is 1. The second-order valence-corrected chi connectivity index (χ2v) is 7.55. The summed E-state index contributed by atoms with van der Waals surface area (Å²) >= 11 is 0. The number of H-pyrrole nitrogens is 1. The molecule has 2 N–H and O–H groups in total. The molecule has 0 radical (unpaired) electrons. The Hall–Kier alpha value is -2.58. The van der Waals surface area contributed by atoms with Crippen LogP contribution in [0.3, 0.4) is 0 Å². The van der Waals surface area contributed by atoms with Crippen LogP contribution >= 0.6 is 0 Å². The van der Waals surface area contributed by atoms with Gasteiger partial charge in [0.25, 0.3) is 5.56 Å². The van der Waals surface area contributed by atoms with Gasteiger partial charge < -0.3 is 14.6 Å². The van der Waals surface area contributed by atoms with Gasteiger partial charge in [-0.25, -0.2) is 4.68 Å². The summed E-state index contributed by atoms with van der Waals surface area (Å²) in [6.07, 6.45) is 3.53. The lowest BCUT2D eigenvalue weighted by Gasteiger charge is -2.30. The third kappa shape index (κ3) is 3.70. The molecule has 1 fully saturated rings. The zero-order chi connectivity index (χ0) is 19.5. The number of pyridine rings is 1. The lowest BCUT2D eigenvalue weighted by molar-refractivity contribution is -0.931. The number of hydrogen-bond acceptors (Lipinski definition) is 5. The van der Waals surface area contributed by atoms with Gasteiger partial charge in [0.05, 0.1) is 31.8 Å². The van der Waals surface area contributed by atoms with Gasteiger partial charge in [-0.2, -0.15) is 0 Å². The van der Waals surface area contributed by atoms with Crippen LogP contribution in [0.4, 0.5) is 0 Å². The smallest absolute Gasteiger partial charge is 0.258 e. The van der Waals surface area contributed by atoms with Crippen molar-refractivity contribution in [1.82, 2.24) is 25.2 Å². The highest BCUT2D eigenvalue weighted by molar-refractivity contribution is 5.79. The average molecular weight is 383 g/mol. The van der Waals surface area contributed by atoms with Crippen molar-refractivity contribution >= 4 is 10.9 Å². The summed E-state index contributed by atoms with van der Waals surface area (Å²) in [5.74, 6) is 0.728. The molecule has 0 spiro atoms. The van der Waals surface area contributed by atoms with Crippen LogP contribution in [0, 0.1) is 6.92 Å². The highest BCUT2D eigenvalue weighted by Crippen LogP contribution is 2.20. The van der Waals surface area contributed by atoms with Gasteiger partial charge in [0.2, 0.25) is 5.82 Å². The molecule has 1 aromatic carbocycles. The summed E-state index contributed by atoms with van der Waals surface area (Å²) in [5.41, 5.74) is 2.64. The quantitative estimate of drug-likeness (QED) is 0.652. The summed E-state index contributed by atoms with van der Waals surface area (Å²) in [7, 11) is 1.66. The minimum Gasteiger partial charge on any atom is -0.383 e. The maximum absolute atomic E-state index is 13.1. The number of tetrazole rings is 1. The van der Waals surface area contributed by atoms with Gasteiger partial charge in [0.1, 0.15) is 0 Å². The third-order valence-corrected chi connectivity index (χ3v) is 5.57. The molecule has 1 aliphatic rings. The van der Waals surface area contributed by atoms with E-state index < -0.39 is 0 Å². The monoisotopic (exact) mass is 383 g/mol. The Morgan fingerprint density at radius 1 is 1.25 bits per heavy atom. The van der Waals surface area contributed by atoms with Crippen molar-refractivity contribution in [2.75, 3.05) is 26.8 Å². The van der Waals surface area contributed by atoms with E-state index in [0.717, 1.165) is 53.8 Å². The van der Waals surface area contributed by atoms with Crippen molar-refractivity contribution in [1.29, 1.82) is 0 Å². The van der Waals surface area contributed by atoms with Gasteiger partial charge >= 0.3 is 0 Å². The van der Waals surface area contributed by atoms with Gasteiger partial charge in [-0.1, -0.05) is 12.1 Å². The largest absolute Gasteiger partial charge is 0.383 e. The maximum atomic E-state index is 13.1. The lowest BCUT2D eigenvalue weighted by atomic mass is 10.00. The molecule has 148 valence electrons. The van der Waals surface area contributed by atoms with Crippen molar-refractivity contribution < 1.29 is 9.64 Å². The third-order valence-electron chi connectivity index (χ3n) is 5.57. The highest BCUT2D eigenvalue weighted by Gasteiger charge is 2.34. The molecule has 0 aliphatic carbocycles. The minimum atomic E-state index is -0.193. The zero-order valence-corrected chi connectivity index (χ0v) is 16.4. The van der Waals surface area contributed by atoms with Gasteiger partial charge in [0, 0.05) is 12.6 Å². The number of nitrogens with zero attached hydrogens (tertiary/aromatic N) is 4. The van der Waals surface area contributed by atoms with Gasteiger partial charge in [-0.15, -0.1) is 5.10 Å². The average Bonchev–Trinajstić information content (AvgIpc) is 3.16. The van der Waals surface area contributed by atoms with Gasteiger partial charge in [0.15, 0.2) is 6.04 Å². The van der Waals surface area contributed by atoms with Crippen LogP contribution in [-0.2, 0) is 11.3 Å². The number of likely N-dealkylation sites (tertiary alicyclic amines) is 1. The zero-order valence-electron chi connectivity index (χ0n) is 16.4. The van der Waals surface area contributed by atoms with Crippen LogP contribution < -0.4 is 10.5 Å². The first-order chi connectivity index (χ1) is 13.7. The summed E-state index contributed by atoms with van der Waals surface area (Å²) in [6.45, 7) is 5.12. The maximum Gasteiger partial charge on any atom is 0.258 e. The molecular formula is C20H27N6O2+. The Kier molecular flexibility index (Phi) is 5.50. The molecule has 8 heteroatoms. The molecule has 0 saturated carbocycles. The Morgan fingerprint density at radius 2 is 2.07 bits per heavy atom. The number of aromatic nitrogens is 5. The SMILES string of the molecule is COCCn1nnnc1[C@H](c1cc2ccc(C)cc2[nH]c1=O)[NH+]1CCCCC1. The molecule has 1 atom stereocenters. The summed E-state index contributed by atoms with van der Waals surface area (Å²) in [5, 5.41) is 13.4. The van der Waals surface area contributed by atoms with E-state index in [1.165, 1.54) is 11.3 Å². The lowest BCUT2D eigenvalue weighted by Crippen LogP contribution is -3.13. The predicted octanol–water partition coefficient (Wildman–Crippen LogP) is 0.628. The fraction of sp³-hybridized carbons (Fsp3) is 0.500. The van der Waals surface area contributed by atoms with E-state index in [0.29, 0.717) is 13.2 Å². The summed E-state index contributed by atoms with van der Waals surface area (Å²) in [6, 6.07) is 7.94. The second kappa shape index (κ2) is 8.20. The Balaban J connectivity index is 1.83. The minimum absolute atomic E-state index is 0.0672. The van der Waals surface area contributed by atoms with E-state index in [1.54, 1.807) is 11.8 Å². The molecule has 0 amide bonds. The molecule has 1 aliphatic heterocycles. The molecule has 1 saturated heterocycles. The fourth-order valence-corrected chi connectivity index (χ4v) is 4.14. The number of rotatable bonds is 6. The van der Waals surface area contributed by atoms with Crippen LogP contribution in [0.15, 0.2) is 29.1 Å². The topological polar surface area (TPSA) is 90.1 Å². The van der Waals surface area contributed by atoms with E-state index in [2.05, 4.69) is 32.6 Å². The van der Waals surface area contributed by atoms with E-state index in [-0.39, 0.29) is 11.6 Å². The number of benzene rings is 1. The number of quaternary nitrogens is 1. The molecular weight excluding hydrogens is 356 g/mol. The number of nitrogens with one attached hydrogen (secondary N) is 2. The number of hydrogen-bond donors (Lipinski definition) is 2. The van der Waals surface area contributed by atoms with Crippen LogP contribution in [0.1, 0.15) is 42.3 Å². The molecule has 8 nitrogen and oxygen atoms in total. The molecule has 0 bridgehead atoms. The van der Waals surface area contributed by atoms with E-state index in [1.807, 2.05) is 19.1 Å². The molecule has 28 heavy (non-hydrogen) atoms. The molecule has 0 unspecified atom stereocenters. The molecule has 4 rings (SSSR count). The molecule has 2 aromatic heterocycles. The predicted molar refractivity (Wildman–Crippen MR) is 105 cm³/mol. The van der Waals surface area contributed by atoms with Gasteiger partial charge in [-0.05, 0) is 59.7 Å². The van der Waals surface area contributed by atoms with E-state index in [4.69, 9.17) is 4.74 Å². The van der Waals surface area contributed by atoms with Crippen LogP contribution in [0.2, 0.25) is 0 Å². The Labute approximate surface area is 163 Å².